The van der Waals surface area contributed by atoms with Crippen LogP contribution in [-0.2, 0) is 0 Å². The average Bonchev–Trinajstić information content (AvgIpc) is 1.97. The highest BCUT2D eigenvalue weighted by molar-refractivity contribution is 9.09. The second-order valence-corrected chi connectivity index (χ2v) is 8.43. The molecule has 15 heavy (non-hydrogen) atoms. The van der Waals surface area contributed by atoms with Gasteiger partial charge in [0.15, 0.2) is 0 Å². The van der Waals surface area contributed by atoms with Gasteiger partial charge in [-0.3, -0.25) is 0 Å². The van der Waals surface area contributed by atoms with E-state index in [0.717, 1.165) is 11.8 Å². The molecule has 0 fully saturated rings. The second-order valence-electron chi connectivity index (χ2n) is 7.05. The molecule has 0 heterocycles. The van der Waals surface area contributed by atoms with Gasteiger partial charge in [-0.25, -0.2) is 0 Å². The quantitative estimate of drug-likeness (QED) is 0.595. The monoisotopic (exact) mass is 276 g/mol. The molecule has 2 unspecified atom stereocenters. The molecule has 0 aliphatic heterocycles. The van der Waals surface area contributed by atoms with Crippen molar-refractivity contribution in [1.29, 1.82) is 0 Å². The van der Waals surface area contributed by atoms with Crippen molar-refractivity contribution in [3.8, 4) is 0 Å². The van der Waals surface area contributed by atoms with Crippen molar-refractivity contribution in [2.75, 3.05) is 0 Å². The highest BCUT2D eigenvalue weighted by Gasteiger charge is 2.37. The lowest BCUT2D eigenvalue weighted by molar-refractivity contribution is 0.105. The van der Waals surface area contributed by atoms with Gasteiger partial charge in [0, 0.05) is 4.83 Å². The largest absolute Gasteiger partial charge is 0.0888 e. The van der Waals surface area contributed by atoms with E-state index in [9.17, 15) is 0 Å². The molecule has 1 heteroatoms. The zero-order valence-electron chi connectivity index (χ0n) is 11.8. The van der Waals surface area contributed by atoms with Crippen molar-refractivity contribution >= 4 is 15.9 Å². The van der Waals surface area contributed by atoms with Gasteiger partial charge in [-0.15, -0.1) is 0 Å². The summed E-state index contributed by atoms with van der Waals surface area (Å²) < 4.78 is 0. The van der Waals surface area contributed by atoms with Crippen molar-refractivity contribution < 1.29 is 0 Å². The minimum Gasteiger partial charge on any atom is -0.0888 e. The average molecular weight is 277 g/mol. The minimum absolute atomic E-state index is 0.363. The van der Waals surface area contributed by atoms with E-state index >= 15 is 0 Å². The molecule has 0 radical (unpaired) electrons. The van der Waals surface area contributed by atoms with Gasteiger partial charge in [0.2, 0.25) is 0 Å². The van der Waals surface area contributed by atoms with Crippen LogP contribution in [0, 0.1) is 22.7 Å². The molecule has 0 N–H and O–H groups in total. The normalized spacial score (nSPS) is 18.0. The first-order chi connectivity index (χ1) is 6.48. The first kappa shape index (κ1) is 15.5. The Bertz CT molecular complexity index is 184. The molecular formula is C14H29Br. The molecule has 0 aromatic heterocycles. The summed E-state index contributed by atoms with van der Waals surface area (Å²) >= 11 is 3.77. The van der Waals surface area contributed by atoms with Gasteiger partial charge >= 0.3 is 0 Å². The summed E-state index contributed by atoms with van der Waals surface area (Å²) in [6.45, 7) is 18.8. The lowest BCUT2D eigenvalue weighted by atomic mass is 9.65. The van der Waals surface area contributed by atoms with E-state index in [2.05, 4.69) is 71.3 Å². The van der Waals surface area contributed by atoms with Crippen LogP contribution in [0.1, 0.15) is 61.8 Å². The lowest BCUT2D eigenvalue weighted by Crippen LogP contribution is -2.37. The summed E-state index contributed by atoms with van der Waals surface area (Å²) in [7, 11) is 0. The Morgan fingerprint density at radius 2 is 1.33 bits per heavy atom. The van der Waals surface area contributed by atoms with Crippen LogP contribution < -0.4 is 0 Å². The predicted molar refractivity (Wildman–Crippen MR) is 74.6 cm³/mol. The summed E-state index contributed by atoms with van der Waals surface area (Å²) in [5.74, 6) is 1.52. The SMILES string of the molecule is CC(C)C(CC(C)(C)C)C(C)(C)C(C)Br. The van der Waals surface area contributed by atoms with Crippen molar-refractivity contribution in [3.63, 3.8) is 0 Å². The Balaban J connectivity index is 4.82. The molecule has 0 aliphatic carbocycles. The van der Waals surface area contributed by atoms with Crippen LogP contribution in [0.4, 0.5) is 0 Å². The van der Waals surface area contributed by atoms with Crippen LogP contribution in [0.5, 0.6) is 0 Å². The Hall–Kier alpha value is 0.480. The summed E-state index contributed by atoms with van der Waals surface area (Å²) in [4.78, 5) is 0.569. The van der Waals surface area contributed by atoms with E-state index in [0.29, 0.717) is 15.7 Å². The third-order valence-corrected chi connectivity index (χ3v) is 4.80. The number of hydrogen-bond acceptors (Lipinski definition) is 0. The van der Waals surface area contributed by atoms with Crippen molar-refractivity contribution in [2.24, 2.45) is 22.7 Å². The van der Waals surface area contributed by atoms with E-state index in [-0.39, 0.29) is 0 Å². The van der Waals surface area contributed by atoms with Gasteiger partial charge < -0.3 is 0 Å². The summed E-state index contributed by atoms with van der Waals surface area (Å²) in [6, 6.07) is 0. The minimum atomic E-state index is 0.363. The van der Waals surface area contributed by atoms with Gasteiger partial charge in [-0.1, -0.05) is 71.3 Å². The maximum absolute atomic E-state index is 3.77. The molecule has 0 bridgehead atoms. The van der Waals surface area contributed by atoms with Crippen molar-refractivity contribution in [2.45, 2.75) is 66.6 Å². The fraction of sp³-hybridized carbons (Fsp3) is 1.00. The fourth-order valence-electron chi connectivity index (χ4n) is 2.31. The lowest BCUT2D eigenvalue weighted by Gasteiger charge is -2.42. The van der Waals surface area contributed by atoms with E-state index in [1.807, 2.05) is 0 Å². The number of rotatable bonds is 4. The maximum atomic E-state index is 3.77. The van der Waals surface area contributed by atoms with Gasteiger partial charge in [-0.2, -0.15) is 0 Å². The van der Waals surface area contributed by atoms with Gasteiger partial charge in [0.1, 0.15) is 0 Å². The Kier molecular flexibility index (Phi) is 5.37. The van der Waals surface area contributed by atoms with Gasteiger partial charge in [0.25, 0.3) is 0 Å². The molecule has 0 saturated carbocycles. The molecule has 0 aromatic carbocycles. The fourth-order valence-corrected chi connectivity index (χ4v) is 2.65. The highest BCUT2D eigenvalue weighted by Crippen LogP contribution is 2.44. The molecule has 0 aliphatic rings. The summed E-state index contributed by atoms with van der Waals surface area (Å²) in [5.41, 5.74) is 0.787. The predicted octanol–water partition coefficient (Wildman–Crippen LogP) is 5.50. The van der Waals surface area contributed by atoms with Gasteiger partial charge in [0.05, 0.1) is 0 Å². The van der Waals surface area contributed by atoms with E-state index in [1.54, 1.807) is 0 Å². The number of halogens is 1. The summed E-state index contributed by atoms with van der Waals surface area (Å²) in [5, 5.41) is 0. The molecular weight excluding hydrogens is 248 g/mol. The molecule has 0 amide bonds. The topological polar surface area (TPSA) is 0 Å². The zero-order chi connectivity index (χ0) is 12.4. The molecule has 92 valence electrons. The van der Waals surface area contributed by atoms with Crippen LogP contribution in [0.3, 0.4) is 0 Å². The van der Waals surface area contributed by atoms with Gasteiger partial charge in [-0.05, 0) is 29.1 Å². The van der Waals surface area contributed by atoms with E-state index < -0.39 is 0 Å². The summed E-state index contributed by atoms with van der Waals surface area (Å²) in [6.07, 6.45) is 1.30. The molecule has 0 saturated heterocycles. The highest BCUT2D eigenvalue weighted by atomic mass is 79.9. The molecule has 0 spiro atoms. The molecule has 0 aromatic rings. The van der Waals surface area contributed by atoms with Crippen molar-refractivity contribution in [1.82, 2.24) is 0 Å². The third kappa shape index (κ3) is 4.89. The number of alkyl halides is 1. The molecule has 2 atom stereocenters. The zero-order valence-corrected chi connectivity index (χ0v) is 13.4. The van der Waals surface area contributed by atoms with Crippen LogP contribution >= 0.6 is 15.9 Å². The van der Waals surface area contributed by atoms with Crippen LogP contribution in [-0.4, -0.2) is 4.83 Å². The molecule has 0 nitrogen and oxygen atoms in total. The van der Waals surface area contributed by atoms with Crippen LogP contribution in [0.2, 0.25) is 0 Å². The first-order valence-electron chi connectivity index (χ1n) is 6.12. The third-order valence-electron chi connectivity index (χ3n) is 3.62. The molecule has 0 rings (SSSR count). The Morgan fingerprint density at radius 3 is 1.53 bits per heavy atom. The van der Waals surface area contributed by atoms with Crippen LogP contribution in [0.25, 0.3) is 0 Å². The van der Waals surface area contributed by atoms with Crippen LogP contribution in [0.15, 0.2) is 0 Å². The number of hydrogen-bond donors (Lipinski definition) is 0. The second kappa shape index (κ2) is 5.21. The smallest absolute Gasteiger partial charge is 0.0171 e. The maximum Gasteiger partial charge on any atom is 0.0171 e. The first-order valence-corrected chi connectivity index (χ1v) is 7.04. The van der Waals surface area contributed by atoms with E-state index in [4.69, 9.17) is 0 Å². The Morgan fingerprint density at radius 1 is 0.933 bits per heavy atom. The van der Waals surface area contributed by atoms with E-state index in [1.165, 1.54) is 6.42 Å². The standard InChI is InChI=1S/C14H29Br/c1-10(2)12(9-13(4,5)6)14(7,8)11(3)15/h10-12H,9H2,1-8H3. The Labute approximate surface area is 105 Å². The van der Waals surface area contributed by atoms with Crippen molar-refractivity contribution in [3.05, 3.63) is 0 Å².